The zero-order valence-corrected chi connectivity index (χ0v) is 28.1. The summed E-state index contributed by atoms with van der Waals surface area (Å²) in [5.74, 6) is -2.58. The Kier molecular flexibility index (Phi) is 9.78. The number of ether oxygens (including phenoxy) is 1. The molecule has 51 heavy (non-hydrogen) atoms. The molecule has 13 heteroatoms. The lowest BCUT2D eigenvalue weighted by Gasteiger charge is -2.34. The maximum Gasteiger partial charge on any atom is 0.416 e. The molecule has 0 aliphatic carbocycles. The molecule has 2 unspecified atom stereocenters. The summed E-state index contributed by atoms with van der Waals surface area (Å²) in [7, 11) is 0. The van der Waals surface area contributed by atoms with Crippen molar-refractivity contribution >= 4 is 11.9 Å². The molecular weight excluding hydrogens is 673 g/mol. The Morgan fingerprint density at radius 3 is 2.41 bits per heavy atom. The van der Waals surface area contributed by atoms with Crippen LogP contribution in [0.4, 0.5) is 22.0 Å². The van der Waals surface area contributed by atoms with Gasteiger partial charge in [-0.3, -0.25) is 23.9 Å². The lowest BCUT2D eigenvalue weighted by atomic mass is 9.91. The number of carbonyl (C=O) groups excluding carboxylic acids is 1. The first-order valence-electron chi connectivity index (χ1n) is 16.4. The smallest absolute Gasteiger partial charge is 0.416 e. The summed E-state index contributed by atoms with van der Waals surface area (Å²) < 4.78 is 79.3. The number of carboxylic acid groups (broad SMARTS) is 1. The van der Waals surface area contributed by atoms with Gasteiger partial charge >= 0.3 is 12.1 Å². The van der Waals surface area contributed by atoms with E-state index in [1.807, 2.05) is 13.0 Å². The molecule has 0 radical (unpaired) electrons. The van der Waals surface area contributed by atoms with Crippen molar-refractivity contribution in [3.8, 4) is 16.9 Å². The molecule has 268 valence electrons. The third kappa shape index (κ3) is 7.39. The van der Waals surface area contributed by atoms with Crippen LogP contribution >= 0.6 is 0 Å². The normalized spacial score (nSPS) is 18.2. The zero-order valence-electron chi connectivity index (χ0n) is 28.1. The van der Waals surface area contributed by atoms with E-state index in [4.69, 9.17) is 4.74 Å². The number of hydrogen-bond donors (Lipinski definition) is 2. The van der Waals surface area contributed by atoms with Gasteiger partial charge in [0.15, 0.2) is 0 Å². The van der Waals surface area contributed by atoms with Gasteiger partial charge in [-0.15, -0.1) is 0 Å². The molecule has 3 aromatic carbocycles. The number of aromatic nitrogens is 1. The van der Waals surface area contributed by atoms with E-state index in [1.165, 1.54) is 13.0 Å². The predicted molar refractivity (Wildman–Crippen MR) is 179 cm³/mol. The molecule has 2 aliphatic heterocycles. The first-order valence-corrected chi connectivity index (χ1v) is 16.4. The number of nitrogens with one attached hydrogen (secondary N) is 1. The van der Waals surface area contributed by atoms with Crippen molar-refractivity contribution in [2.45, 2.75) is 64.7 Å². The minimum absolute atomic E-state index is 0.00526. The van der Waals surface area contributed by atoms with Crippen LogP contribution in [0, 0.1) is 26.6 Å². The molecule has 0 spiro atoms. The molecule has 1 saturated heterocycles. The Morgan fingerprint density at radius 2 is 1.73 bits per heavy atom. The number of amides is 1. The highest BCUT2D eigenvalue weighted by atomic mass is 19.4. The molecule has 1 aromatic heterocycles. The van der Waals surface area contributed by atoms with Crippen molar-refractivity contribution in [2.24, 2.45) is 0 Å². The summed E-state index contributed by atoms with van der Waals surface area (Å²) in [6.45, 7) is 5.27. The van der Waals surface area contributed by atoms with Crippen LogP contribution in [0.15, 0.2) is 65.6 Å². The van der Waals surface area contributed by atoms with Crippen LogP contribution in [0.3, 0.4) is 0 Å². The van der Waals surface area contributed by atoms with E-state index in [9.17, 15) is 37.1 Å². The van der Waals surface area contributed by atoms with Crippen LogP contribution in [0.25, 0.3) is 11.1 Å². The highest BCUT2D eigenvalue weighted by molar-refractivity contribution is 5.85. The van der Waals surface area contributed by atoms with Gasteiger partial charge in [0, 0.05) is 43.0 Å². The Hall–Kier alpha value is -5.04. The van der Waals surface area contributed by atoms with Crippen LogP contribution in [0.2, 0.25) is 0 Å². The summed E-state index contributed by atoms with van der Waals surface area (Å²) in [6, 6.07) is 10.9. The third-order valence-electron chi connectivity index (χ3n) is 9.51. The predicted octanol–water partition coefficient (Wildman–Crippen LogP) is 6.61. The van der Waals surface area contributed by atoms with Crippen LogP contribution < -0.4 is 15.6 Å². The van der Waals surface area contributed by atoms with E-state index >= 15 is 4.39 Å². The van der Waals surface area contributed by atoms with Gasteiger partial charge in [0.1, 0.15) is 30.4 Å². The maximum absolute atomic E-state index is 16.0. The van der Waals surface area contributed by atoms with Crippen LogP contribution in [-0.4, -0.2) is 52.3 Å². The lowest BCUT2D eigenvalue weighted by Crippen LogP contribution is -2.49. The second-order valence-corrected chi connectivity index (χ2v) is 13.2. The van der Waals surface area contributed by atoms with Crippen LogP contribution in [0.5, 0.6) is 5.75 Å². The minimum atomic E-state index is -4.90. The molecule has 0 saturated carbocycles. The van der Waals surface area contributed by atoms with E-state index in [0.717, 1.165) is 16.3 Å². The largest absolute Gasteiger partial charge is 0.488 e. The Bertz CT molecular complexity index is 2070. The van der Waals surface area contributed by atoms with Crippen molar-refractivity contribution in [1.82, 2.24) is 14.8 Å². The van der Waals surface area contributed by atoms with Crippen LogP contribution in [-0.2, 0) is 28.8 Å². The highest BCUT2D eigenvalue weighted by Crippen LogP contribution is 2.39. The molecular formula is C38H36F5N3O5. The Morgan fingerprint density at radius 1 is 0.980 bits per heavy atom. The van der Waals surface area contributed by atoms with Gasteiger partial charge in [0.05, 0.1) is 18.0 Å². The van der Waals surface area contributed by atoms with E-state index in [-0.39, 0.29) is 54.9 Å². The fourth-order valence-electron chi connectivity index (χ4n) is 6.87. The van der Waals surface area contributed by atoms with E-state index in [2.05, 4.69) is 5.32 Å². The quantitative estimate of drug-likeness (QED) is 0.219. The minimum Gasteiger partial charge on any atom is -0.488 e. The number of carboxylic acids is 1. The first-order chi connectivity index (χ1) is 24.1. The number of carbonyl (C=O) groups is 2. The molecule has 1 fully saturated rings. The van der Waals surface area contributed by atoms with Gasteiger partial charge in [-0.05, 0) is 90.4 Å². The Balaban J connectivity index is 1.56. The summed E-state index contributed by atoms with van der Waals surface area (Å²) in [5, 5.41) is 12.5. The van der Waals surface area contributed by atoms with Crippen molar-refractivity contribution in [3.63, 3.8) is 0 Å². The molecule has 2 N–H and O–H groups in total. The van der Waals surface area contributed by atoms with Crippen molar-refractivity contribution in [1.29, 1.82) is 0 Å². The van der Waals surface area contributed by atoms with Gasteiger partial charge < -0.3 is 15.2 Å². The summed E-state index contributed by atoms with van der Waals surface area (Å²) >= 11 is 0. The number of hydrogen-bond acceptors (Lipinski definition) is 5. The standard InChI is InChI=1S/C38H36F5N3O5/c1-20-7-8-23-12-27(20)36(46-16-24(9-10-45-17-26(39)18-45)29(14-32(46)47)38(41,42)43)37(50)44-30(15-33(48)49)28-13-25(11-22(3)35(28)40)34-21(2)5-4-6-31(34)51-19-23/h4-8,11-14,16,26,30,36H,9-10,15,17-19H2,1-3H3,(H,44,50)(H,48,49). The number of halogens is 5. The highest BCUT2D eigenvalue weighted by Gasteiger charge is 2.37. The number of nitrogens with zero attached hydrogens (tertiary/aromatic N) is 2. The maximum atomic E-state index is 16.0. The monoisotopic (exact) mass is 709 g/mol. The fraction of sp³-hybridized carbons (Fsp3) is 0.342. The molecule has 8 nitrogen and oxygen atoms in total. The number of fused-ring (bicyclic) bond motifs is 6. The number of likely N-dealkylation sites (tertiary alicyclic amines) is 1. The van der Waals surface area contributed by atoms with E-state index in [0.29, 0.717) is 34.1 Å². The van der Waals surface area contributed by atoms with Crippen molar-refractivity contribution in [2.75, 3.05) is 19.6 Å². The summed E-state index contributed by atoms with van der Waals surface area (Å²) in [5.41, 5.74) is 0.752. The number of alkyl halides is 4. The first kappa shape index (κ1) is 35.8. The zero-order chi connectivity index (χ0) is 36.8. The molecule has 2 aliphatic rings. The fourth-order valence-corrected chi connectivity index (χ4v) is 6.87. The Labute approximate surface area is 290 Å². The van der Waals surface area contributed by atoms with Gasteiger partial charge in [-0.2, -0.15) is 13.2 Å². The van der Waals surface area contributed by atoms with Gasteiger partial charge in [0.25, 0.3) is 5.56 Å². The van der Waals surface area contributed by atoms with Crippen molar-refractivity contribution in [3.05, 3.63) is 121 Å². The van der Waals surface area contributed by atoms with Crippen molar-refractivity contribution < 1.29 is 41.4 Å². The number of aliphatic carboxylic acids is 1. The molecule has 4 aromatic rings. The van der Waals surface area contributed by atoms with Gasteiger partial charge in [-0.25, -0.2) is 8.78 Å². The molecule has 3 heterocycles. The number of rotatable bonds is 6. The second-order valence-electron chi connectivity index (χ2n) is 13.2. The van der Waals surface area contributed by atoms with Gasteiger partial charge in [0.2, 0.25) is 5.91 Å². The SMILES string of the molecule is Cc1ccc2cc1C(n1cc(CCN3CC(F)C3)c(C(F)(F)F)cc1=O)C(=O)NC(CC(=O)O)c1cc(cc(C)c1F)-c1c(C)cccc1OC2. The topological polar surface area (TPSA) is 101 Å². The molecule has 6 rings (SSSR count). The summed E-state index contributed by atoms with van der Waals surface area (Å²) in [4.78, 5) is 41.9. The average molecular weight is 710 g/mol. The van der Waals surface area contributed by atoms with Gasteiger partial charge in [-0.1, -0.05) is 24.3 Å². The second kappa shape index (κ2) is 13.9. The summed E-state index contributed by atoms with van der Waals surface area (Å²) in [6.07, 6.45) is -5.91. The van der Waals surface area contributed by atoms with E-state index in [1.54, 1.807) is 48.2 Å². The number of benzene rings is 3. The van der Waals surface area contributed by atoms with Crippen LogP contribution in [0.1, 0.15) is 63.0 Å². The number of aryl methyl sites for hydroxylation is 3. The lowest BCUT2D eigenvalue weighted by molar-refractivity contribution is -0.139. The average Bonchev–Trinajstić information content (AvgIpc) is 3.03. The third-order valence-corrected chi connectivity index (χ3v) is 9.51. The molecule has 2 atom stereocenters. The number of pyridine rings is 1. The van der Waals surface area contributed by atoms with E-state index < -0.39 is 59.7 Å². The molecule has 1 amide bonds. The molecule has 4 bridgehead atoms.